The summed E-state index contributed by atoms with van der Waals surface area (Å²) in [5.41, 5.74) is 8.76. The highest BCUT2D eigenvalue weighted by Crippen LogP contribution is 2.28. The molecular weight excluding hydrogens is 363 g/mol. The van der Waals surface area contributed by atoms with Gasteiger partial charge in [0.05, 0.1) is 11.4 Å². The summed E-state index contributed by atoms with van der Waals surface area (Å²) in [5, 5.41) is 7.75. The maximum Gasteiger partial charge on any atom is 0.224 e. The van der Waals surface area contributed by atoms with E-state index in [-0.39, 0.29) is 11.7 Å². The van der Waals surface area contributed by atoms with Gasteiger partial charge in [-0.2, -0.15) is 5.10 Å². The highest BCUT2D eigenvalue weighted by atomic mass is 32.2. The first-order valence-electron chi connectivity index (χ1n) is 8.74. The van der Waals surface area contributed by atoms with Gasteiger partial charge in [0, 0.05) is 23.4 Å². The minimum atomic E-state index is -0.382. The third-order valence-corrected chi connectivity index (χ3v) is 5.70. The van der Waals surface area contributed by atoms with E-state index in [4.69, 9.17) is 0 Å². The predicted octanol–water partition coefficient (Wildman–Crippen LogP) is 4.06. The van der Waals surface area contributed by atoms with E-state index < -0.39 is 0 Å². The van der Waals surface area contributed by atoms with Crippen LogP contribution in [-0.2, 0) is 11.2 Å². The van der Waals surface area contributed by atoms with Gasteiger partial charge in [-0.3, -0.25) is 10.2 Å². The van der Waals surface area contributed by atoms with Crippen LogP contribution in [0.3, 0.4) is 0 Å². The first kappa shape index (κ1) is 17.7. The van der Waals surface area contributed by atoms with Crippen molar-refractivity contribution in [1.82, 2.24) is 5.43 Å². The number of benzene rings is 2. The molecule has 0 radical (unpaired) electrons. The van der Waals surface area contributed by atoms with Crippen molar-refractivity contribution >= 4 is 39.9 Å². The van der Waals surface area contributed by atoms with E-state index in [0.29, 0.717) is 40.7 Å². The normalized spacial score (nSPS) is 17.8. The van der Waals surface area contributed by atoms with Crippen molar-refractivity contribution < 1.29 is 9.18 Å². The maximum absolute atomic E-state index is 14.5. The van der Waals surface area contributed by atoms with Gasteiger partial charge in [-0.25, -0.2) is 9.38 Å². The number of aliphatic imine (C=N–C) groups is 1. The second-order valence-electron chi connectivity index (χ2n) is 6.63. The van der Waals surface area contributed by atoms with Crippen LogP contribution in [-0.4, -0.2) is 22.5 Å². The molecule has 0 saturated carbocycles. The molecule has 4 rings (SSSR count). The standard InChI is InChI=1S/C20H19FN4OS/c1-11-4-3-5-16(12(11)2)23-20-25-24-18(10-27-20)14-8-13-6-7-19(26)22-17(13)9-15(14)21/h3-5,8-9H,6-7,10H2,1-2H3,(H,22,26)(H,23,25). The average Bonchev–Trinajstić information content (AvgIpc) is 2.65. The molecular formula is C20H19FN4OS. The number of hydrogen-bond donors (Lipinski definition) is 2. The van der Waals surface area contributed by atoms with Crippen molar-refractivity contribution in [3.05, 3.63) is 58.4 Å². The molecule has 0 bridgehead atoms. The van der Waals surface area contributed by atoms with Crippen LogP contribution in [0.25, 0.3) is 0 Å². The molecule has 2 aromatic rings. The molecule has 0 aromatic heterocycles. The highest BCUT2D eigenvalue weighted by molar-refractivity contribution is 8.14. The number of carbonyl (C=O) groups excluding carboxylic acids is 1. The van der Waals surface area contributed by atoms with Crippen LogP contribution in [0.4, 0.5) is 15.8 Å². The number of amides is 1. The van der Waals surface area contributed by atoms with Crippen LogP contribution in [0, 0.1) is 19.7 Å². The predicted molar refractivity (Wildman–Crippen MR) is 108 cm³/mol. The van der Waals surface area contributed by atoms with Crippen molar-refractivity contribution in [2.75, 3.05) is 11.1 Å². The van der Waals surface area contributed by atoms with Crippen LogP contribution in [0.15, 0.2) is 40.4 Å². The zero-order valence-electron chi connectivity index (χ0n) is 15.1. The summed E-state index contributed by atoms with van der Waals surface area (Å²) in [4.78, 5) is 16.1. The number of nitrogens with zero attached hydrogens (tertiary/aromatic N) is 2. The Kier molecular flexibility index (Phi) is 4.70. The van der Waals surface area contributed by atoms with Gasteiger partial charge in [-0.05, 0) is 55.2 Å². The number of thioether (sulfide) groups is 1. The molecule has 2 aromatic carbocycles. The van der Waals surface area contributed by atoms with Crippen molar-refractivity contribution in [3.63, 3.8) is 0 Å². The van der Waals surface area contributed by atoms with Crippen LogP contribution in [0.1, 0.15) is 28.7 Å². The van der Waals surface area contributed by atoms with Gasteiger partial charge >= 0.3 is 0 Å². The first-order valence-corrected chi connectivity index (χ1v) is 9.73. The van der Waals surface area contributed by atoms with Crippen molar-refractivity contribution in [3.8, 4) is 0 Å². The van der Waals surface area contributed by atoms with Crippen molar-refractivity contribution in [2.24, 2.45) is 10.1 Å². The number of hydrogen-bond acceptors (Lipinski definition) is 4. The van der Waals surface area contributed by atoms with E-state index >= 15 is 0 Å². The summed E-state index contributed by atoms with van der Waals surface area (Å²) >= 11 is 1.49. The molecule has 0 aliphatic carbocycles. The molecule has 1 amide bonds. The minimum Gasteiger partial charge on any atom is -0.326 e. The number of nitrogens with one attached hydrogen (secondary N) is 2. The Balaban J connectivity index is 1.58. The molecule has 0 fully saturated rings. The fourth-order valence-corrected chi connectivity index (χ4v) is 3.87. The quantitative estimate of drug-likeness (QED) is 0.823. The van der Waals surface area contributed by atoms with Gasteiger partial charge in [0.25, 0.3) is 0 Å². The smallest absolute Gasteiger partial charge is 0.224 e. The van der Waals surface area contributed by atoms with E-state index in [9.17, 15) is 9.18 Å². The molecule has 2 heterocycles. The fourth-order valence-electron chi connectivity index (χ4n) is 3.10. The Morgan fingerprint density at radius 2 is 2.07 bits per heavy atom. The van der Waals surface area contributed by atoms with Gasteiger partial charge in [-0.1, -0.05) is 23.9 Å². The average molecular weight is 382 g/mol. The third-order valence-electron chi connectivity index (χ3n) is 4.83. The lowest BCUT2D eigenvalue weighted by molar-refractivity contribution is -0.116. The summed E-state index contributed by atoms with van der Waals surface area (Å²) < 4.78 is 14.5. The van der Waals surface area contributed by atoms with Crippen molar-refractivity contribution in [1.29, 1.82) is 0 Å². The van der Waals surface area contributed by atoms with E-state index in [2.05, 4.69) is 33.8 Å². The number of carbonyl (C=O) groups is 1. The van der Waals surface area contributed by atoms with E-state index in [1.165, 1.54) is 23.4 Å². The lowest BCUT2D eigenvalue weighted by Crippen LogP contribution is -2.26. The summed E-state index contributed by atoms with van der Waals surface area (Å²) in [6.07, 6.45) is 1.03. The first-order chi connectivity index (χ1) is 13.0. The summed E-state index contributed by atoms with van der Waals surface area (Å²) in [6, 6.07) is 9.17. The third kappa shape index (κ3) is 3.60. The Morgan fingerprint density at radius 3 is 2.85 bits per heavy atom. The molecule has 138 valence electrons. The van der Waals surface area contributed by atoms with Crippen LogP contribution in [0.2, 0.25) is 0 Å². The summed E-state index contributed by atoms with van der Waals surface area (Å²) in [5.74, 6) is 0.0693. The van der Waals surface area contributed by atoms with Gasteiger partial charge in [0.1, 0.15) is 5.82 Å². The number of amidine groups is 1. The zero-order valence-corrected chi connectivity index (χ0v) is 15.9. The highest BCUT2D eigenvalue weighted by Gasteiger charge is 2.22. The molecule has 0 saturated heterocycles. The Labute approximate surface area is 161 Å². The number of hydrazone groups is 1. The van der Waals surface area contributed by atoms with Crippen molar-refractivity contribution in [2.45, 2.75) is 26.7 Å². The Morgan fingerprint density at radius 1 is 1.22 bits per heavy atom. The minimum absolute atomic E-state index is 0.0748. The molecule has 0 unspecified atom stereocenters. The molecule has 7 heteroatoms. The second kappa shape index (κ2) is 7.15. The Bertz CT molecular complexity index is 1000. The van der Waals surface area contributed by atoms with E-state index in [1.807, 2.05) is 19.1 Å². The van der Waals surface area contributed by atoms with Gasteiger partial charge in [0.2, 0.25) is 5.91 Å². The zero-order chi connectivity index (χ0) is 19.0. The van der Waals surface area contributed by atoms with Crippen LogP contribution < -0.4 is 10.7 Å². The SMILES string of the molecule is Cc1cccc(N=C2NN=C(c3cc4c(cc3F)NC(=O)CC4)CS2)c1C. The largest absolute Gasteiger partial charge is 0.326 e. The number of fused-ring (bicyclic) bond motifs is 1. The molecule has 2 aliphatic heterocycles. The van der Waals surface area contributed by atoms with Crippen LogP contribution in [0.5, 0.6) is 0 Å². The number of halogens is 1. The summed E-state index contributed by atoms with van der Waals surface area (Å²) in [6.45, 7) is 4.09. The molecule has 2 N–H and O–H groups in total. The van der Waals surface area contributed by atoms with Gasteiger partial charge in [-0.15, -0.1) is 0 Å². The topological polar surface area (TPSA) is 65.8 Å². The fraction of sp³-hybridized carbons (Fsp3) is 0.250. The maximum atomic E-state index is 14.5. The lowest BCUT2D eigenvalue weighted by Gasteiger charge is -2.20. The number of rotatable bonds is 2. The number of anilines is 1. The molecule has 0 atom stereocenters. The van der Waals surface area contributed by atoms with Gasteiger partial charge < -0.3 is 5.32 Å². The van der Waals surface area contributed by atoms with Crippen LogP contribution >= 0.6 is 11.8 Å². The second-order valence-corrected chi connectivity index (χ2v) is 7.60. The monoisotopic (exact) mass is 382 g/mol. The van der Waals surface area contributed by atoms with E-state index in [0.717, 1.165) is 16.8 Å². The number of aryl methyl sites for hydroxylation is 2. The lowest BCUT2D eigenvalue weighted by atomic mass is 9.98. The van der Waals surface area contributed by atoms with Gasteiger partial charge in [0.15, 0.2) is 5.17 Å². The molecule has 0 spiro atoms. The summed E-state index contributed by atoms with van der Waals surface area (Å²) in [7, 11) is 0. The van der Waals surface area contributed by atoms with E-state index in [1.54, 1.807) is 6.07 Å². The molecule has 2 aliphatic rings. The molecule has 5 nitrogen and oxygen atoms in total. The molecule has 27 heavy (non-hydrogen) atoms. The Hall–Kier alpha value is -2.67.